The van der Waals surface area contributed by atoms with Gasteiger partial charge in [0.15, 0.2) is 5.54 Å². The van der Waals surface area contributed by atoms with Gasteiger partial charge < -0.3 is 10.6 Å². The number of benzene rings is 3. The third kappa shape index (κ3) is 4.51. The van der Waals surface area contributed by atoms with E-state index in [0.29, 0.717) is 16.8 Å². The standard InChI is InChI=1S/C27H27N3O3/c1-2-3-10-20-15-17-23(18-16-20)28-24(31)19-30-25(32)27(29-26(30)33,21-11-6-4-7-12-21)22-13-8-5-9-14-22/h4-9,11-18H,2-3,10,19H2,1H3,(H,28,31)(H,29,33). The second-order valence-corrected chi connectivity index (χ2v) is 8.15. The van der Waals surface area contributed by atoms with Gasteiger partial charge >= 0.3 is 6.03 Å². The van der Waals surface area contributed by atoms with Crippen LogP contribution in [0.5, 0.6) is 0 Å². The van der Waals surface area contributed by atoms with Crippen LogP contribution < -0.4 is 10.6 Å². The number of nitrogens with one attached hydrogen (secondary N) is 2. The number of hydrogen-bond donors (Lipinski definition) is 2. The number of anilines is 1. The normalized spacial score (nSPS) is 14.8. The van der Waals surface area contributed by atoms with Crippen molar-refractivity contribution in [3.63, 3.8) is 0 Å². The molecule has 1 aliphatic heterocycles. The number of nitrogens with zero attached hydrogens (tertiary/aromatic N) is 1. The van der Waals surface area contributed by atoms with E-state index in [4.69, 9.17) is 0 Å². The molecule has 4 rings (SSSR count). The molecule has 3 aromatic carbocycles. The maximum Gasteiger partial charge on any atom is 0.326 e. The van der Waals surface area contributed by atoms with Gasteiger partial charge in [0.05, 0.1) is 0 Å². The van der Waals surface area contributed by atoms with E-state index in [-0.39, 0.29) is 6.54 Å². The van der Waals surface area contributed by atoms with Crippen LogP contribution >= 0.6 is 0 Å². The van der Waals surface area contributed by atoms with Crippen molar-refractivity contribution in [1.29, 1.82) is 0 Å². The SMILES string of the molecule is CCCCc1ccc(NC(=O)CN2C(=O)NC(c3ccccc3)(c3ccccc3)C2=O)cc1. The molecule has 1 saturated heterocycles. The summed E-state index contributed by atoms with van der Waals surface area (Å²) in [6.45, 7) is 1.78. The Morgan fingerprint density at radius 2 is 1.45 bits per heavy atom. The topological polar surface area (TPSA) is 78.5 Å². The molecule has 4 amide bonds. The van der Waals surface area contributed by atoms with Crippen molar-refractivity contribution in [2.75, 3.05) is 11.9 Å². The fraction of sp³-hybridized carbons (Fsp3) is 0.222. The first kappa shape index (κ1) is 22.3. The molecule has 0 aliphatic carbocycles. The molecule has 0 atom stereocenters. The Balaban J connectivity index is 1.54. The quantitative estimate of drug-likeness (QED) is 0.507. The maximum absolute atomic E-state index is 13.6. The molecule has 168 valence electrons. The lowest BCUT2D eigenvalue weighted by atomic mass is 9.82. The molecule has 6 heteroatoms. The van der Waals surface area contributed by atoms with Gasteiger partial charge in [-0.15, -0.1) is 0 Å². The third-order valence-electron chi connectivity index (χ3n) is 5.88. The molecule has 0 saturated carbocycles. The summed E-state index contributed by atoms with van der Waals surface area (Å²) in [5.41, 5.74) is 1.74. The molecule has 1 heterocycles. The summed E-state index contributed by atoms with van der Waals surface area (Å²) < 4.78 is 0. The average Bonchev–Trinajstić information content (AvgIpc) is 3.10. The Bertz CT molecular complexity index is 1090. The number of amides is 4. The van der Waals surface area contributed by atoms with Gasteiger partial charge in [0.2, 0.25) is 5.91 Å². The number of hydrogen-bond acceptors (Lipinski definition) is 3. The molecule has 3 aromatic rings. The van der Waals surface area contributed by atoms with Crippen LogP contribution in [0.25, 0.3) is 0 Å². The summed E-state index contributed by atoms with van der Waals surface area (Å²) in [5, 5.41) is 5.64. The van der Waals surface area contributed by atoms with Crippen molar-refractivity contribution in [2.24, 2.45) is 0 Å². The first-order valence-electron chi connectivity index (χ1n) is 11.2. The van der Waals surface area contributed by atoms with Crippen molar-refractivity contribution in [2.45, 2.75) is 31.7 Å². The zero-order valence-electron chi connectivity index (χ0n) is 18.6. The van der Waals surface area contributed by atoms with E-state index in [1.165, 1.54) is 5.56 Å². The number of carbonyl (C=O) groups excluding carboxylic acids is 3. The maximum atomic E-state index is 13.6. The van der Waals surface area contributed by atoms with E-state index >= 15 is 0 Å². The molecule has 33 heavy (non-hydrogen) atoms. The second-order valence-electron chi connectivity index (χ2n) is 8.15. The number of imide groups is 1. The second kappa shape index (κ2) is 9.69. The van der Waals surface area contributed by atoms with E-state index in [9.17, 15) is 14.4 Å². The van der Waals surface area contributed by atoms with Crippen LogP contribution in [0.15, 0.2) is 84.9 Å². The molecule has 0 radical (unpaired) electrons. The number of carbonyl (C=O) groups is 3. The van der Waals surface area contributed by atoms with Crippen molar-refractivity contribution >= 4 is 23.5 Å². The Labute approximate surface area is 193 Å². The van der Waals surface area contributed by atoms with Gasteiger partial charge in [0.25, 0.3) is 5.91 Å². The van der Waals surface area contributed by atoms with Gasteiger partial charge in [-0.2, -0.15) is 0 Å². The monoisotopic (exact) mass is 441 g/mol. The summed E-state index contributed by atoms with van der Waals surface area (Å²) in [5.74, 6) is -0.910. The van der Waals surface area contributed by atoms with Gasteiger partial charge in [0.1, 0.15) is 6.54 Å². The summed E-state index contributed by atoms with van der Waals surface area (Å²) >= 11 is 0. The van der Waals surface area contributed by atoms with Crippen molar-refractivity contribution in [3.8, 4) is 0 Å². The van der Waals surface area contributed by atoms with Gasteiger partial charge in [0, 0.05) is 5.69 Å². The van der Waals surface area contributed by atoms with Crippen molar-refractivity contribution < 1.29 is 14.4 Å². The Morgan fingerprint density at radius 3 is 2.00 bits per heavy atom. The number of urea groups is 1. The summed E-state index contributed by atoms with van der Waals surface area (Å²) in [6, 6.07) is 25.2. The van der Waals surface area contributed by atoms with Crippen LogP contribution in [0, 0.1) is 0 Å². The Kier molecular flexibility index (Phi) is 6.54. The molecule has 0 bridgehead atoms. The molecular formula is C27H27N3O3. The smallest absolute Gasteiger partial charge is 0.325 e. The van der Waals surface area contributed by atoms with Gasteiger partial charge in [-0.25, -0.2) is 4.79 Å². The lowest BCUT2D eigenvalue weighted by molar-refractivity contribution is -0.133. The zero-order chi connectivity index (χ0) is 23.3. The fourth-order valence-corrected chi connectivity index (χ4v) is 4.13. The van der Waals surface area contributed by atoms with Crippen LogP contribution in [0.4, 0.5) is 10.5 Å². The van der Waals surface area contributed by atoms with Crippen LogP contribution in [-0.4, -0.2) is 29.3 Å². The highest BCUT2D eigenvalue weighted by Gasteiger charge is 2.54. The molecule has 6 nitrogen and oxygen atoms in total. The summed E-state index contributed by atoms with van der Waals surface area (Å²) in [7, 11) is 0. The van der Waals surface area contributed by atoms with Crippen molar-refractivity contribution in [1.82, 2.24) is 10.2 Å². The predicted molar refractivity (Wildman–Crippen MR) is 128 cm³/mol. The van der Waals surface area contributed by atoms with Gasteiger partial charge in [-0.1, -0.05) is 86.1 Å². The van der Waals surface area contributed by atoms with Crippen LogP contribution in [0.2, 0.25) is 0 Å². The summed E-state index contributed by atoms with van der Waals surface area (Å²) in [6.07, 6.45) is 3.23. The van der Waals surface area contributed by atoms with Crippen LogP contribution in [0.3, 0.4) is 0 Å². The number of aryl methyl sites for hydroxylation is 1. The van der Waals surface area contributed by atoms with Crippen LogP contribution in [-0.2, 0) is 21.5 Å². The molecule has 0 spiro atoms. The molecule has 1 fully saturated rings. The minimum absolute atomic E-state index is 0.371. The number of unbranched alkanes of at least 4 members (excludes halogenated alkanes) is 1. The Hall–Kier alpha value is -3.93. The minimum Gasteiger partial charge on any atom is -0.325 e. The molecule has 0 unspecified atom stereocenters. The lowest BCUT2D eigenvalue weighted by Crippen LogP contribution is -2.45. The van der Waals surface area contributed by atoms with E-state index in [1.54, 1.807) is 24.3 Å². The largest absolute Gasteiger partial charge is 0.326 e. The van der Waals surface area contributed by atoms with Gasteiger partial charge in [-0.3, -0.25) is 14.5 Å². The molecular weight excluding hydrogens is 414 g/mol. The lowest BCUT2D eigenvalue weighted by Gasteiger charge is -2.28. The molecule has 2 N–H and O–H groups in total. The first-order valence-corrected chi connectivity index (χ1v) is 11.2. The highest BCUT2D eigenvalue weighted by atomic mass is 16.2. The van der Waals surface area contributed by atoms with E-state index in [0.717, 1.165) is 24.2 Å². The van der Waals surface area contributed by atoms with Gasteiger partial charge in [-0.05, 0) is 41.7 Å². The zero-order valence-corrected chi connectivity index (χ0v) is 18.6. The fourth-order valence-electron chi connectivity index (χ4n) is 4.13. The summed E-state index contributed by atoms with van der Waals surface area (Å²) in [4.78, 5) is 40.2. The Morgan fingerprint density at radius 1 is 0.879 bits per heavy atom. The average molecular weight is 442 g/mol. The predicted octanol–water partition coefficient (Wildman–Crippen LogP) is 4.46. The van der Waals surface area contributed by atoms with Crippen molar-refractivity contribution in [3.05, 3.63) is 102 Å². The van der Waals surface area contributed by atoms with Crippen LogP contribution in [0.1, 0.15) is 36.5 Å². The van der Waals surface area contributed by atoms with E-state index in [1.807, 2.05) is 60.7 Å². The minimum atomic E-state index is -1.37. The molecule has 0 aromatic heterocycles. The van der Waals surface area contributed by atoms with E-state index < -0.39 is 23.4 Å². The highest BCUT2D eigenvalue weighted by molar-refractivity contribution is 6.12. The van der Waals surface area contributed by atoms with E-state index in [2.05, 4.69) is 17.6 Å². The third-order valence-corrected chi connectivity index (χ3v) is 5.88. The first-order chi connectivity index (χ1) is 16.0. The molecule has 1 aliphatic rings. The highest BCUT2D eigenvalue weighted by Crippen LogP contribution is 2.35. The number of rotatable bonds is 8.